The molecule has 11 heavy (non-hydrogen) atoms. The van der Waals surface area contributed by atoms with Gasteiger partial charge in [0.15, 0.2) is 0 Å². The highest BCUT2D eigenvalue weighted by Crippen LogP contribution is 2.27. The molecule has 3 heteroatoms. The van der Waals surface area contributed by atoms with E-state index in [1.165, 1.54) is 30.6 Å². The summed E-state index contributed by atoms with van der Waals surface area (Å²) in [6, 6.07) is 0. The Hall–Kier alpha value is -0.570. The second kappa shape index (κ2) is 2.81. The summed E-state index contributed by atoms with van der Waals surface area (Å²) in [5.41, 5.74) is 0. The molecule has 1 aromatic heterocycles. The van der Waals surface area contributed by atoms with Gasteiger partial charge in [0.1, 0.15) is 0 Å². The van der Waals surface area contributed by atoms with Gasteiger partial charge < -0.3 is 4.57 Å². The molecule has 1 aromatic rings. The fraction of sp³-hybridized carbons (Fsp3) is 0.625. The Bertz CT molecular complexity index is 284. The maximum absolute atomic E-state index is 11.1. The molecule has 2 nitrogen and oxygen atoms in total. The molecule has 0 unspecified atom stereocenters. The van der Waals surface area contributed by atoms with E-state index >= 15 is 0 Å². The Balaban J connectivity index is 2.05. The number of rotatable bonds is 2. The molecule has 2 rings (SSSR count). The molecule has 1 aliphatic carbocycles. The van der Waals surface area contributed by atoms with E-state index in [4.69, 9.17) is 0 Å². The van der Waals surface area contributed by atoms with Crippen molar-refractivity contribution < 1.29 is 0 Å². The van der Waals surface area contributed by atoms with Gasteiger partial charge in [-0.25, -0.2) is 0 Å². The van der Waals surface area contributed by atoms with Crippen LogP contribution >= 0.6 is 11.3 Å². The minimum Gasteiger partial charge on any atom is -0.306 e. The summed E-state index contributed by atoms with van der Waals surface area (Å²) >= 11 is 1.29. The molecule has 0 radical (unpaired) electrons. The third kappa shape index (κ3) is 1.38. The van der Waals surface area contributed by atoms with Gasteiger partial charge in [-0.15, -0.1) is 0 Å². The van der Waals surface area contributed by atoms with Crippen molar-refractivity contribution in [2.24, 2.45) is 5.92 Å². The zero-order chi connectivity index (χ0) is 7.68. The summed E-state index contributed by atoms with van der Waals surface area (Å²) in [6.07, 6.45) is 5.86. The Kier molecular flexibility index (Phi) is 1.82. The number of nitrogens with zero attached hydrogens (tertiary/aromatic N) is 1. The minimum atomic E-state index is 0.192. The summed E-state index contributed by atoms with van der Waals surface area (Å²) in [6.45, 7) is 0.947. The van der Waals surface area contributed by atoms with Gasteiger partial charge in [-0.3, -0.25) is 4.79 Å². The molecule has 60 valence electrons. The van der Waals surface area contributed by atoms with E-state index in [-0.39, 0.29) is 4.87 Å². The van der Waals surface area contributed by atoms with Crippen LogP contribution in [0.15, 0.2) is 16.4 Å². The Morgan fingerprint density at radius 3 is 2.91 bits per heavy atom. The van der Waals surface area contributed by atoms with Crippen LogP contribution in [-0.2, 0) is 6.54 Å². The first-order valence-electron chi connectivity index (χ1n) is 4.00. The van der Waals surface area contributed by atoms with Gasteiger partial charge in [-0.2, -0.15) is 0 Å². The molecule has 0 aromatic carbocycles. The van der Waals surface area contributed by atoms with Crippen molar-refractivity contribution in [3.8, 4) is 0 Å². The maximum Gasteiger partial charge on any atom is 0.307 e. The van der Waals surface area contributed by atoms with E-state index in [2.05, 4.69) is 0 Å². The standard InChI is InChI=1S/C8H11NOS/c10-8-9(4-5-11-8)6-7-2-1-3-7/h4-5,7H,1-3,6H2. The zero-order valence-corrected chi connectivity index (χ0v) is 7.14. The van der Waals surface area contributed by atoms with Gasteiger partial charge in [-0.1, -0.05) is 17.8 Å². The quantitative estimate of drug-likeness (QED) is 0.660. The smallest absolute Gasteiger partial charge is 0.306 e. The fourth-order valence-corrected chi connectivity index (χ4v) is 1.97. The molecule has 0 amide bonds. The molecule has 1 saturated carbocycles. The van der Waals surface area contributed by atoms with Crippen LogP contribution < -0.4 is 4.87 Å². The van der Waals surface area contributed by atoms with Gasteiger partial charge in [0.2, 0.25) is 0 Å². The van der Waals surface area contributed by atoms with Crippen molar-refractivity contribution >= 4 is 11.3 Å². The molecule has 1 fully saturated rings. The number of hydrogen-bond acceptors (Lipinski definition) is 2. The van der Waals surface area contributed by atoms with Crippen molar-refractivity contribution in [2.45, 2.75) is 25.8 Å². The van der Waals surface area contributed by atoms with Crippen LogP contribution in [0.5, 0.6) is 0 Å². The lowest BCUT2D eigenvalue weighted by Gasteiger charge is -2.24. The van der Waals surface area contributed by atoms with Gasteiger partial charge in [0, 0.05) is 18.1 Å². The average Bonchev–Trinajstić information content (AvgIpc) is 2.27. The fourth-order valence-electron chi connectivity index (χ4n) is 1.38. The first-order valence-corrected chi connectivity index (χ1v) is 4.88. The predicted octanol–water partition coefficient (Wildman–Crippen LogP) is 1.71. The summed E-state index contributed by atoms with van der Waals surface area (Å²) in [4.78, 5) is 11.3. The van der Waals surface area contributed by atoms with Gasteiger partial charge >= 0.3 is 4.87 Å². The van der Waals surface area contributed by atoms with Crippen LogP contribution in [0.1, 0.15) is 19.3 Å². The van der Waals surface area contributed by atoms with Gasteiger partial charge in [0.05, 0.1) is 0 Å². The summed E-state index contributed by atoms with van der Waals surface area (Å²) in [5.74, 6) is 0.780. The van der Waals surface area contributed by atoms with Crippen molar-refractivity contribution in [2.75, 3.05) is 0 Å². The first kappa shape index (κ1) is 7.10. The SMILES string of the molecule is O=c1sccn1CC1CCC1. The van der Waals surface area contributed by atoms with Crippen molar-refractivity contribution in [1.82, 2.24) is 4.57 Å². The largest absolute Gasteiger partial charge is 0.307 e. The lowest BCUT2D eigenvalue weighted by molar-refractivity contribution is 0.275. The van der Waals surface area contributed by atoms with Crippen molar-refractivity contribution in [3.63, 3.8) is 0 Å². The van der Waals surface area contributed by atoms with E-state index < -0.39 is 0 Å². The highest BCUT2D eigenvalue weighted by Gasteiger charge is 2.17. The molecule has 0 bridgehead atoms. The number of thiazole rings is 1. The predicted molar refractivity (Wildman–Crippen MR) is 45.9 cm³/mol. The molecule has 0 atom stereocenters. The molecule has 1 heterocycles. The molecule has 0 N–H and O–H groups in total. The molecular formula is C8H11NOS. The van der Waals surface area contributed by atoms with Gasteiger partial charge in [-0.05, 0) is 18.8 Å². The summed E-state index contributed by atoms with van der Waals surface area (Å²) in [5, 5.41) is 1.86. The lowest BCUT2D eigenvalue weighted by atomic mass is 9.85. The Morgan fingerprint density at radius 1 is 1.64 bits per heavy atom. The Labute approximate surface area is 69.5 Å². The number of hydrogen-bond donors (Lipinski definition) is 0. The highest BCUT2D eigenvalue weighted by atomic mass is 32.1. The van der Waals surface area contributed by atoms with E-state index in [1.54, 1.807) is 0 Å². The van der Waals surface area contributed by atoms with Crippen LogP contribution in [-0.4, -0.2) is 4.57 Å². The summed E-state index contributed by atoms with van der Waals surface area (Å²) < 4.78 is 1.83. The molecule has 0 spiro atoms. The lowest BCUT2D eigenvalue weighted by Crippen LogP contribution is -2.22. The monoisotopic (exact) mass is 169 g/mol. The highest BCUT2D eigenvalue weighted by molar-refractivity contribution is 7.07. The van der Waals surface area contributed by atoms with Gasteiger partial charge in [0.25, 0.3) is 0 Å². The topological polar surface area (TPSA) is 22.0 Å². The normalized spacial score (nSPS) is 18.2. The third-order valence-electron chi connectivity index (χ3n) is 2.32. The second-order valence-corrected chi connectivity index (χ2v) is 3.98. The minimum absolute atomic E-state index is 0.192. The first-order chi connectivity index (χ1) is 5.36. The van der Waals surface area contributed by atoms with E-state index in [9.17, 15) is 4.79 Å². The second-order valence-electron chi connectivity index (χ2n) is 3.12. The summed E-state index contributed by atoms with van der Waals surface area (Å²) in [7, 11) is 0. The van der Waals surface area contributed by atoms with E-state index in [0.717, 1.165) is 12.5 Å². The number of aromatic nitrogens is 1. The molecular weight excluding hydrogens is 158 g/mol. The average molecular weight is 169 g/mol. The van der Waals surface area contributed by atoms with Crippen molar-refractivity contribution in [1.29, 1.82) is 0 Å². The Morgan fingerprint density at radius 2 is 2.45 bits per heavy atom. The molecule has 1 aliphatic rings. The molecule has 0 aliphatic heterocycles. The van der Waals surface area contributed by atoms with E-state index in [0.29, 0.717) is 0 Å². The van der Waals surface area contributed by atoms with Crippen LogP contribution in [0, 0.1) is 5.92 Å². The van der Waals surface area contributed by atoms with Crippen LogP contribution in [0.25, 0.3) is 0 Å². The third-order valence-corrected chi connectivity index (χ3v) is 3.02. The van der Waals surface area contributed by atoms with Crippen LogP contribution in [0.2, 0.25) is 0 Å². The maximum atomic E-state index is 11.1. The van der Waals surface area contributed by atoms with Crippen molar-refractivity contribution in [3.05, 3.63) is 21.2 Å². The zero-order valence-electron chi connectivity index (χ0n) is 6.32. The van der Waals surface area contributed by atoms with E-state index in [1.807, 2.05) is 16.1 Å². The van der Waals surface area contributed by atoms with Crippen LogP contribution in [0.3, 0.4) is 0 Å². The molecule has 0 saturated heterocycles. The van der Waals surface area contributed by atoms with Crippen LogP contribution in [0.4, 0.5) is 0 Å².